The van der Waals surface area contributed by atoms with Crippen molar-refractivity contribution >= 4 is 5.97 Å². The van der Waals surface area contributed by atoms with Crippen LogP contribution >= 0.6 is 0 Å². The first-order chi connectivity index (χ1) is 13.7. The van der Waals surface area contributed by atoms with Crippen molar-refractivity contribution in [3.63, 3.8) is 0 Å². The molecule has 0 bridgehead atoms. The van der Waals surface area contributed by atoms with E-state index in [4.69, 9.17) is 4.74 Å². The zero-order valence-electron chi connectivity index (χ0n) is 18.1. The Morgan fingerprint density at radius 3 is 2.07 bits per heavy atom. The van der Waals surface area contributed by atoms with Gasteiger partial charge in [0, 0.05) is 0 Å². The summed E-state index contributed by atoms with van der Waals surface area (Å²) < 4.78 is 5.71. The number of rotatable bonds is 8. The molecule has 0 atom stereocenters. The molecule has 0 aromatic heterocycles. The van der Waals surface area contributed by atoms with Gasteiger partial charge in [0.15, 0.2) is 0 Å². The van der Waals surface area contributed by atoms with Gasteiger partial charge in [-0.05, 0) is 86.8 Å². The number of carbonyl (C=O) groups is 1. The van der Waals surface area contributed by atoms with Crippen molar-refractivity contribution in [2.24, 2.45) is 23.7 Å². The molecule has 2 aliphatic rings. The third-order valence-corrected chi connectivity index (χ3v) is 7.29. The zero-order chi connectivity index (χ0) is 19.8. The van der Waals surface area contributed by atoms with E-state index in [9.17, 15) is 4.79 Å². The van der Waals surface area contributed by atoms with Gasteiger partial charge >= 0.3 is 5.97 Å². The lowest BCUT2D eigenvalue weighted by Crippen LogP contribution is -2.29. The molecule has 28 heavy (non-hydrogen) atoms. The number of carbonyl (C=O) groups excluding carboxylic acids is 1. The van der Waals surface area contributed by atoms with E-state index in [1.165, 1.54) is 69.8 Å². The normalized spacial score (nSPS) is 28.1. The Morgan fingerprint density at radius 1 is 0.857 bits per heavy atom. The molecule has 2 nitrogen and oxygen atoms in total. The molecule has 0 spiro atoms. The van der Waals surface area contributed by atoms with Crippen LogP contribution in [0.5, 0.6) is 5.75 Å². The second kappa shape index (κ2) is 11.0. The lowest BCUT2D eigenvalue weighted by Gasteiger charge is -2.36. The monoisotopic (exact) mass is 384 g/mol. The van der Waals surface area contributed by atoms with Gasteiger partial charge in [-0.25, -0.2) is 0 Å². The first kappa shape index (κ1) is 21.4. The van der Waals surface area contributed by atoms with E-state index < -0.39 is 0 Å². The Morgan fingerprint density at radius 2 is 1.46 bits per heavy atom. The molecular weight excluding hydrogens is 344 g/mol. The second-order valence-electron chi connectivity index (χ2n) is 9.51. The fourth-order valence-corrected chi connectivity index (χ4v) is 5.26. The molecule has 0 N–H and O–H groups in total. The standard InChI is InChI=1S/C26H40O2/c1-3-4-5-6-7-21-10-18-25(19-11-21)28-26(27)24-16-14-23(15-17-24)22-12-8-20(2)9-13-22/h10-11,18-20,22-24H,3-9,12-17H2,1-2H3. The van der Waals surface area contributed by atoms with Crippen LogP contribution in [-0.2, 0) is 11.2 Å². The van der Waals surface area contributed by atoms with Gasteiger partial charge in [0.2, 0.25) is 0 Å². The fraction of sp³-hybridized carbons (Fsp3) is 0.731. The van der Waals surface area contributed by atoms with E-state index in [1.54, 1.807) is 0 Å². The first-order valence-electron chi connectivity index (χ1n) is 12.0. The summed E-state index contributed by atoms with van der Waals surface area (Å²) >= 11 is 0. The molecule has 3 rings (SSSR count). The lowest BCUT2D eigenvalue weighted by atomic mass is 9.69. The summed E-state index contributed by atoms with van der Waals surface area (Å²) in [7, 11) is 0. The van der Waals surface area contributed by atoms with Crippen LogP contribution in [0, 0.1) is 23.7 Å². The van der Waals surface area contributed by atoms with Crippen molar-refractivity contribution in [2.75, 3.05) is 0 Å². The van der Waals surface area contributed by atoms with Gasteiger partial charge in [-0.1, -0.05) is 58.1 Å². The van der Waals surface area contributed by atoms with Crippen LogP contribution in [-0.4, -0.2) is 5.97 Å². The topological polar surface area (TPSA) is 26.3 Å². The van der Waals surface area contributed by atoms with Crippen LogP contribution in [0.25, 0.3) is 0 Å². The molecule has 1 aromatic rings. The molecule has 2 saturated carbocycles. The maximum Gasteiger partial charge on any atom is 0.314 e. The minimum Gasteiger partial charge on any atom is -0.426 e. The Hall–Kier alpha value is -1.31. The third-order valence-electron chi connectivity index (χ3n) is 7.29. The van der Waals surface area contributed by atoms with E-state index >= 15 is 0 Å². The number of hydrogen-bond acceptors (Lipinski definition) is 2. The van der Waals surface area contributed by atoms with E-state index in [1.807, 2.05) is 12.1 Å². The number of benzene rings is 1. The molecule has 0 amide bonds. The number of unbranched alkanes of at least 4 members (excludes halogenated alkanes) is 3. The average molecular weight is 385 g/mol. The highest BCUT2D eigenvalue weighted by atomic mass is 16.5. The first-order valence-corrected chi connectivity index (χ1v) is 12.0. The average Bonchev–Trinajstić information content (AvgIpc) is 2.73. The largest absolute Gasteiger partial charge is 0.426 e. The molecular formula is C26H40O2. The van der Waals surface area contributed by atoms with Crippen LogP contribution in [0.4, 0.5) is 0 Å². The van der Waals surface area contributed by atoms with Crippen LogP contribution < -0.4 is 4.74 Å². The number of aryl methyl sites for hydroxylation is 1. The lowest BCUT2D eigenvalue weighted by molar-refractivity contribution is -0.140. The number of esters is 1. The van der Waals surface area contributed by atoms with E-state index in [2.05, 4.69) is 26.0 Å². The number of hydrogen-bond donors (Lipinski definition) is 0. The van der Waals surface area contributed by atoms with Gasteiger partial charge in [-0.2, -0.15) is 0 Å². The van der Waals surface area contributed by atoms with Crippen LogP contribution in [0.15, 0.2) is 24.3 Å². The van der Waals surface area contributed by atoms with E-state index in [0.29, 0.717) is 5.75 Å². The Labute approximate surface area is 172 Å². The van der Waals surface area contributed by atoms with Gasteiger partial charge in [-0.3, -0.25) is 4.79 Å². The highest BCUT2D eigenvalue weighted by Crippen LogP contribution is 2.41. The van der Waals surface area contributed by atoms with Crippen molar-refractivity contribution in [2.45, 2.75) is 97.3 Å². The van der Waals surface area contributed by atoms with Gasteiger partial charge in [-0.15, -0.1) is 0 Å². The summed E-state index contributed by atoms with van der Waals surface area (Å²) in [5.41, 5.74) is 1.35. The molecule has 2 fully saturated rings. The maximum atomic E-state index is 12.6. The zero-order valence-corrected chi connectivity index (χ0v) is 18.1. The van der Waals surface area contributed by atoms with E-state index in [0.717, 1.165) is 37.0 Å². The van der Waals surface area contributed by atoms with Crippen LogP contribution in [0.2, 0.25) is 0 Å². The van der Waals surface area contributed by atoms with E-state index in [-0.39, 0.29) is 11.9 Å². The third kappa shape index (κ3) is 6.36. The molecule has 2 aliphatic carbocycles. The maximum absolute atomic E-state index is 12.6. The number of ether oxygens (including phenoxy) is 1. The molecule has 1 aromatic carbocycles. The van der Waals surface area contributed by atoms with Crippen molar-refractivity contribution in [3.05, 3.63) is 29.8 Å². The summed E-state index contributed by atoms with van der Waals surface area (Å²) in [6.45, 7) is 4.63. The fourth-order valence-electron chi connectivity index (χ4n) is 5.26. The predicted octanol–water partition coefficient (Wildman–Crippen LogP) is 7.35. The molecule has 156 valence electrons. The van der Waals surface area contributed by atoms with Gasteiger partial charge < -0.3 is 4.74 Å². The van der Waals surface area contributed by atoms with Crippen molar-refractivity contribution in [3.8, 4) is 5.75 Å². The van der Waals surface area contributed by atoms with Crippen molar-refractivity contribution in [1.29, 1.82) is 0 Å². The summed E-state index contributed by atoms with van der Waals surface area (Å²) in [4.78, 5) is 12.6. The van der Waals surface area contributed by atoms with Gasteiger partial charge in [0.25, 0.3) is 0 Å². The molecule has 0 saturated heterocycles. The van der Waals surface area contributed by atoms with Gasteiger partial charge in [0.05, 0.1) is 5.92 Å². The van der Waals surface area contributed by atoms with Crippen LogP contribution in [0.3, 0.4) is 0 Å². The Kier molecular flexibility index (Phi) is 8.43. The van der Waals surface area contributed by atoms with Crippen LogP contribution in [0.1, 0.15) is 96.5 Å². The summed E-state index contributed by atoms with van der Waals surface area (Å²) in [6, 6.07) is 8.19. The Bertz CT molecular complexity index is 575. The quantitative estimate of drug-likeness (QED) is 0.266. The summed E-state index contributed by atoms with van der Waals surface area (Å²) in [5, 5.41) is 0. The summed E-state index contributed by atoms with van der Waals surface area (Å²) in [5.74, 6) is 3.50. The molecule has 0 unspecified atom stereocenters. The molecule has 0 radical (unpaired) electrons. The SMILES string of the molecule is CCCCCCc1ccc(OC(=O)C2CCC(C3CCC(C)CC3)CC2)cc1. The second-order valence-corrected chi connectivity index (χ2v) is 9.51. The predicted molar refractivity (Wildman–Crippen MR) is 116 cm³/mol. The molecule has 0 aliphatic heterocycles. The van der Waals surface area contributed by atoms with Crippen molar-refractivity contribution < 1.29 is 9.53 Å². The van der Waals surface area contributed by atoms with Crippen molar-refractivity contribution in [1.82, 2.24) is 0 Å². The molecule has 0 heterocycles. The minimum atomic E-state index is -0.00795. The minimum absolute atomic E-state index is 0.00795. The summed E-state index contributed by atoms with van der Waals surface area (Å²) in [6.07, 6.45) is 16.4. The van der Waals surface area contributed by atoms with Gasteiger partial charge in [0.1, 0.15) is 5.75 Å². The highest BCUT2D eigenvalue weighted by molar-refractivity contribution is 5.75. The molecule has 2 heteroatoms. The Balaban J connectivity index is 1.39. The highest BCUT2D eigenvalue weighted by Gasteiger charge is 2.33. The smallest absolute Gasteiger partial charge is 0.314 e.